The van der Waals surface area contributed by atoms with Crippen LogP contribution in [0, 0.1) is 5.82 Å². The summed E-state index contributed by atoms with van der Waals surface area (Å²) in [5.74, 6) is -0.634. The van der Waals surface area contributed by atoms with E-state index in [-0.39, 0.29) is 11.9 Å². The summed E-state index contributed by atoms with van der Waals surface area (Å²) in [6.07, 6.45) is 0. The second-order valence-corrected chi connectivity index (χ2v) is 5.23. The van der Waals surface area contributed by atoms with Crippen LogP contribution in [-0.2, 0) is 4.74 Å². The molecule has 0 saturated carbocycles. The zero-order chi connectivity index (χ0) is 14.5. The molecule has 2 rings (SSSR count). The molecule has 5 heteroatoms. The first kappa shape index (κ1) is 14.9. The van der Waals surface area contributed by atoms with Crippen LogP contribution in [0.1, 0.15) is 24.2 Å². The highest BCUT2D eigenvalue weighted by molar-refractivity contribution is 5.94. The van der Waals surface area contributed by atoms with Gasteiger partial charge in [-0.25, -0.2) is 4.39 Å². The molecule has 0 radical (unpaired) electrons. The third-order valence-corrected chi connectivity index (χ3v) is 3.63. The molecule has 1 aromatic carbocycles. The average molecular weight is 280 g/mol. The molecule has 1 N–H and O–H groups in total. The van der Waals surface area contributed by atoms with Crippen molar-refractivity contribution in [3.05, 3.63) is 35.6 Å². The molecule has 2 atom stereocenters. The number of benzene rings is 1. The van der Waals surface area contributed by atoms with Crippen LogP contribution in [0.4, 0.5) is 4.39 Å². The van der Waals surface area contributed by atoms with Gasteiger partial charge >= 0.3 is 0 Å². The van der Waals surface area contributed by atoms with E-state index in [2.05, 4.69) is 24.1 Å². The van der Waals surface area contributed by atoms with Gasteiger partial charge in [0.2, 0.25) is 0 Å². The Hall–Kier alpha value is -1.46. The molecule has 0 aliphatic carbocycles. The van der Waals surface area contributed by atoms with E-state index in [1.54, 1.807) is 6.07 Å². The fraction of sp³-hybridized carbons (Fsp3) is 0.533. The molecule has 20 heavy (non-hydrogen) atoms. The second-order valence-electron chi connectivity index (χ2n) is 5.23. The minimum atomic E-state index is -0.396. The lowest BCUT2D eigenvalue weighted by molar-refractivity contribution is -0.0178. The van der Waals surface area contributed by atoms with Crippen molar-refractivity contribution in [2.45, 2.75) is 25.9 Å². The molecule has 110 valence electrons. The van der Waals surface area contributed by atoms with E-state index < -0.39 is 5.82 Å². The lowest BCUT2D eigenvalue weighted by atomic mass is 10.1. The normalized spacial score (nSPS) is 21.4. The summed E-state index contributed by atoms with van der Waals surface area (Å²) < 4.78 is 18.5. The van der Waals surface area contributed by atoms with E-state index in [1.807, 2.05) is 0 Å². The standard InChI is InChI=1S/C15H21FN2O2/c1-11(18-6-7-20-10-12(18)2)9-17-15(19)13-4-3-5-14(16)8-13/h3-5,8,11-12H,6-7,9-10H2,1-2H3,(H,17,19). The Morgan fingerprint density at radius 1 is 1.60 bits per heavy atom. The molecule has 0 spiro atoms. The SMILES string of the molecule is CC(CNC(=O)c1cccc(F)c1)N1CCOCC1C. The van der Waals surface area contributed by atoms with Crippen LogP contribution in [0.5, 0.6) is 0 Å². The molecule has 0 aromatic heterocycles. The van der Waals surface area contributed by atoms with Crippen molar-refractivity contribution in [1.82, 2.24) is 10.2 Å². The van der Waals surface area contributed by atoms with Crippen molar-refractivity contribution < 1.29 is 13.9 Å². The molecule has 1 aromatic rings. The van der Waals surface area contributed by atoms with E-state index in [4.69, 9.17) is 4.74 Å². The topological polar surface area (TPSA) is 41.6 Å². The van der Waals surface area contributed by atoms with Crippen LogP contribution in [-0.4, -0.2) is 49.2 Å². The number of hydrogen-bond donors (Lipinski definition) is 1. The second kappa shape index (κ2) is 6.81. The molecule has 4 nitrogen and oxygen atoms in total. The highest BCUT2D eigenvalue weighted by Crippen LogP contribution is 2.10. The zero-order valence-corrected chi connectivity index (χ0v) is 11.9. The van der Waals surface area contributed by atoms with Crippen LogP contribution in [0.3, 0.4) is 0 Å². The van der Waals surface area contributed by atoms with E-state index in [0.717, 1.165) is 19.8 Å². The molecule has 2 unspecified atom stereocenters. The maximum Gasteiger partial charge on any atom is 0.251 e. The van der Waals surface area contributed by atoms with Crippen molar-refractivity contribution >= 4 is 5.91 Å². The number of nitrogens with zero attached hydrogens (tertiary/aromatic N) is 1. The van der Waals surface area contributed by atoms with Gasteiger partial charge in [-0.15, -0.1) is 0 Å². The van der Waals surface area contributed by atoms with Crippen molar-refractivity contribution in [2.75, 3.05) is 26.3 Å². The number of carbonyl (C=O) groups excluding carboxylic acids is 1. The number of ether oxygens (including phenoxy) is 1. The first-order chi connectivity index (χ1) is 9.58. The Morgan fingerprint density at radius 3 is 3.10 bits per heavy atom. The van der Waals surface area contributed by atoms with Crippen LogP contribution >= 0.6 is 0 Å². The van der Waals surface area contributed by atoms with Crippen LogP contribution in [0.2, 0.25) is 0 Å². The number of nitrogens with one attached hydrogen (secondary N) is 1. The smallest absolute Gasteiger partial charge is 0.251 e. The van der Waals surface area contributed by atoms with E-state index in [1.165, 1.54) is 18.2 Å². The Morgan fingerprint density at radius 2 is 2.40 bits per heavy atom. The molecule has 1 amide bonds. The summed E-state index contributed by atoms with van der Waals surface area (Å²) >= 11 is 0. The molecule has 0 bridgehead atoms. The van der Waals surface area contributed by atoms with Crippen molar-refractivity contribution in [3.63, 3.8) is 0 Å². The van der Waals surface area contributed by atoms with Crippen LogP contribution < -0.4 is 5.32 Å². The van der Waals surface area contributed by atoms with Gasteiger partial charge in [0.1, 0.15) is 5.82 Å². The predicted molar refractivity (Wildman–Crippen MR) is 75.2 cm³/mol. The van der Waals surface area contributed by atoms with E-state index >= 15 is 0 Å². The summed E-state index contributed by atoms with van der Waals surface area (Å²) in [6.45, 7) is 7.06. The predicted octanol–water partition coefficient (Wildman–Crippen LogP) is 1.66. The van der Waals surface area contributed by atoms with E-state index in [0.29, 0.717) is 18.2 Å². The highest BCUT2D eigenvalue weighted by atomic mass is 19.1. The van der Waals surface area contributed by atoms with Gasteiger partial charge in [0, 0.05) is 30.7 Å². The maximum absolute atomic E-state index is 13.1. The third kappa shape index (κ3) is 3.77. The minimum Gasteiger partial charge on any atom is -0.379 e. The Labute approximate surface area is 118 Å². The number of carbonyl (C=O) groups is 1. The first-order valence-electron chi connectivity index (χ1n) is 6.95. The van der Waals surface area contributed by atoms with Gasteiger partial charge in [-0.3, -0.25) is 9.69 Å². The van der Waals surface area contributed by atoms with Gasteiger partial charge in [0.05, 0.1) is 13.2 Å². The summed E-state index contributed by atoms with van der Waals surface area (Å²) in [6, 6.07) is 6.31. The minimum absolute atomic E-state index is 0.228. The molecule has 1 heterocycles. The Balaban J connectivity index is 1.86. The molecule has 1 aliphatic rings. The monoisotopic (exact) mass is 280 g/mol. The van der Waals surface area contributed by atoms with E-state index in [9.17, 15) is 9.18 Å². The highest BCUT2D eigenvalue weighted by Gasteiger charge is 2.23. The zero-order valence-electron chi connectivity index (χ0n) is 11.9. The Bertz CT molecular complexity index is 467. The van der Waals surface area contributed by atoms with Gasteiger partial charge in [-0.2, -0.15) is 0 Å². The summed E-state index contributed by atoms with van der Waals surface area (Å²) in [5.41, 5.74) is 0.354. The third-order valence-electron chi connectivity index (χ3n) is 3.63. The van der Waals surface area contributed by atoms with Gasteiger partial charge in [-0.1, -0.05) is 6.07 Å². The summed E-state index contributed by atoms with van der Waals surface area (Å²) in [4.78, 5) is 14.3. The van der Waals surface area contributed by atoms with Crippen LogP contribution in [0.15, 0.2) is 24.3 Å². The van der Waals surface area contributed by atoms with Crippen molar-refractivity contribution in [3.8, 4) is 0 Å². The van der Waals surface area contributed by atoms with Crippen LogP contribution in [0.25, 0.3) is 0 Å². The molecular formula is C15H21FN2O2. The van der Waals surface area contributed by atoms with Gasteiger partial charge < -0.3 is 10.1 Å². The molecule has 1 aliphatic heterocycles. The quantitative estimate of drug-likeness (QED) is 0.912. The maximum atomic E-state index is 13.1. The molecular weight excluding hydrogens is 259 g/mol. The van der Waals surface area contributed by atoms with Crippen molar-refractivity contribution in [1.29, 1.82) is 0 Å². The van der Waals surface area contributed by atoms with Crippen molar-refractivity contribution in [2.24, 2.45) is 0 Å². The lowest BCUT2D eigenvalue weighted by Crippen LogP contribution is -2.51. The molecule has 1 fully saturated rings. The number of hydrogen-bond acceptors (Lipinski definition) is 3. The average Bonchev–Trinajstić information content (AvgIpc) is 2.45. The number of rotatable bonds is 4. The summed E-state index contributed by atoms with van der Waals surface area (Å²) in [7, 11) is 0. The number of halogens is 1. The Kier molecular flexibility index (Phi) is 5.09. The largest absolute Gasteiger partial charge is 0.379 e. The fourth-order valence-corrected chi connectivity index (χ4v) is 2.48. The number of amides is 1. The van der Waals surface area contributed by atoms with Gasteiger partial charge in [0.25, 0.3) is 5.91 Å². The van der Waals surface area contributed by atoms with Gasteiger partial charge in [0.15, 0.2) is 0 Å². The molecule has 1 saturated heterocycles. The lowest BCUT2D eigenvalue weighted by Gasteiger charge is -2.37. The number of morpholine rings is 1. The first-order valence-corrected chi connectivity index (χ1v) is 6.95. The fourth-order valence-electron chi connectivity index (χ4n) is 2.48. The van der Waals surface area contributed by atoms with Gasteiger partial charge in [-0.05, 0) is 32.0 Å². The summed E-state index contributed by atoms with van der Waals surface area (Å²) in [5, 5.41) is 2.86.